The van der Waals surface area contributed by atoms with Gasteiger partial charge in [0.15, 0.2) is 4.84 Å². The van der Waals surface area contributed by atoms with Gasteiger partial charge in [-0.15, -0.1) is 0 Å². The SMILES string of the molecule is COc1ccc(C(=O)NCCNC(=O)C(Cl)Cl)cc1. The van der Waals surface area contributed by atoms with E-state index in [0.29, 0.717) is 11.3 Å². The van der Waals surface area contributed by atoms with Crippen molar-refractivity contribution in [2.24, 2.45) is 0 Å². The minimum Gasteiger partial charge on any atom is -0.497 e. The lowest BCUT2D eigenvalue weighted by Crippen LogP contribution is -2.36. The van der Waals surface area contributed by atoms with Crippen molar-refractivity contribution in [2.45, 2.75) is 4.84 Å². The van der Waals surface area contributed by atoms with Crippen molar-refractivity contribution in [1.82, 2.24) is 10.6 Å². The predicted octanol–water partition coefficient (Wildman–Crippen LogP) is 1.34. The van der Waals surface area contributed by atoms with E-state index in [1.807, 2.05) is 0 Å². The maximum Gasteiger partial charge on any atom is 0.253 e. The Morgan fingerprint density at radius 3 is 2.26 bits per heavy atom. The zero-order chi connectivity index (χ0) is 14.3. The summed E-state index contributed by atoms with van der Waals surface area (Å²) >= 11 is 10.7. The van der Waals surface area contributed by atoms with Crippen molar-refractivity contribution in [1.29, 1.82) is 0 Å². The molecular weight excluding hydrogens is 291 g/mol. The molecule has 2 N–H and O–H groups in total. The highest BCUT2D eigenvalue weighted by Gasteiger charge is 2.10. The largest absolute Gasteiger partial charge is 0.497 e. The Labute approximate surface area is 121 Å². The van der Waals surface area contributed by atoms with Crippen LogP contribution in [0.25, 0.3) is 0 Å². The van der Waals surface area contributed by atoms with Crippen LogP contribution in [0.1, 0.15) is 10.4 Å². The first-order valence-electron chi connectivity index (χ1n) is 5.52. The summed E-state index contributed by atoms with van der Waals surface area (Å²) in [7, 11) is 1.55. The Balaban J connectivity index is 2.33. The highest BCUT2D eigenvalue weighted by Crippen LogP contribution is 2.10. The first kappa shape index (κ1) is 15.6. The van der Waals surface area contributed by atoms with Gasteiger partial charge in [-0.3, -0.25) is 9.59 Å². The van der Waals surface area contributed by atoms with Gasteiger partial charge in [0.05, 0.1) is 7.11 Å². The van der Waals surface area contributed by atoms with Gasteiger partial charge in [0, 0.05) is 18.7 Å². The molecule has 0 aromatic heterocycles. The van der Waals surface area contributed by atoms with Crippen LogP contribution in [-0.2, 0) is 4.79 Å². The molecule has 1 aromatic rings. The lowest BCUT2D eigenvalue weighted by atomic mass is 10.2. The van der Waals surface area contributed by atoms with Gasteiger partial charge in [-0.2, -0.15) is 0 Å². The Kier molecular flexibility index (Phi) is 6.45. The average Bonchev–Trinajstić information content (AvgIpc) is 2.43. The van der Waals surface area contributed by atoms with Crippen molar-refractivity contribution < 1.29 is 14.3 Å². The normalized spacial score (nSPS) is 10.1. The highest BCUT2D eigenvalue weighted by atomic mass is 35.5. The molecule has 7 heteroatoms. The molecule has 1 aromatic carbocycles. The maximum absolute atomic E-state index is 11.7. The number of benzene rings is 1. The maximum atomic E-state index is 11.7. The fourth-order valence-corrected chi connectivity index (χ4v) is 1.44. The van der Waals surface area contributed by atoms with Crippen molar-refractivity contribution >= 4 is 35.0 Å². The van der Waals surface area contributed by atoms with Crippen LogP contribution in [0.15, 0.2) is 24.3 Å². The van der Waals surface area contributed by atoms with E-state index in [2.05, 4.69) is 10.6 Å². The van der Waals surface area contributed by atoms with Gasteiger partial charge in [-0.25, -0.2) is 0 Å². The monoisotopic (exact) mass is 304 g/mol. The van der Waals surface area contributed by atoms with Crippen LogP contribution in [0.4, 0.5) is 0 Å². The fraction of sp³-hybridized carbons (Fsp3) is 0.333. The van der Waals surface area contributed by atoms with E-state index in [1.165, 1.54) is 0 Å². The summed E-state index contributed by atoms with van der Waals surface area (Å²) in [5.41, 5.74) is 0.514. The molecule has 104 valence electrons. The summed E-state index contributed by atoms with van der Waals surface area (Å²) in [6.45, 7) is 0.549. The van der Waals surface area contributed by atoms with Crippen LogP contribution in [0.3, 0.4) is 0 Å². The van der Waals surface area contributed by atoms with Gasteiger partial charge in [0.2, 0.25) is 0 Å². The average molecular weight is 305 g/mol. The van der Waals surface area contributed by atoms with E-state index in [4.69, 9.17) is 27.9 Å². The van der Waals surface area contributed by atoms with E-state index >= 15 is 0 Å². The molecule has 0 radical (unpaired) electrons. The number of rotatable bonds is 6. The Hall–Kier alpha value is -1.46. The number of carbonyl (C=O) groups excluding carboxylic acids is 2. The second kappa shape index (κ2) is 7.86. The van der Waals surface area contributed by atoms with Crippen molar-refractivity contribution in [3.05, 3.63) is 29.8 Å². The van der Waals surface area contributed by atoms with Crippen LogP contribution in [0, 0.1) is 0 Å². The molecular formula is C12H14Cl2N2O3. The number of methoxy groups -OCH3 is 1. The lowest BCUT2D eigenvalue weighted by Gasteiger charge is -2.07. The lowest BCUT2D eigenvalue weighted by molar-refractivity contribution is -0.119. The van der Waals surface area contributed by atoms with Crippen LogP contribution in [0.5, 0.6) is 5.75 Å². The number of halogens is 2. The van der Waals surface area contributed by atoms with Gasteiger partial charge in [0.1, 0.15) is 5.75 Å². The van der Waals surface area contributed by atoms with Crippen LogP contribution in [0.2, 0.25) is 0 Å². The van der Waals surface area contributed by atoms with Crippen LogP contribution in [-0.4, -0.2) is 36.8 Å². The molecule has 0 aliphatic carbocycles. The van der Waals surface area contributed by atoms with Crippen molar-refractivity contribution in [3.8, 4) is 5.75 Å². The third kappa shape index (κ3) is 5.36. The Bertz CT molecular complexity index is 435. The van der Waals surface area contributed by atoms with Crippen LogP contribution < -0.4 is 15.4 Å². The third-order valence-electron chi connectivity index (χ3n) is 2.26. The first-order valence-corrected chi connectivity index (χ1v) is 6.40. The van der Waals surface area contributed by atoms with E-state index in [1.54, 1.807) is 31.4 Å². The molecule has 0 saturated carbocycles. The number of ether oxygens (including phenoxy) is 1. The number of hydrogen-bond acceptors (Lipinski definition) is 3. The quantitative estimate of drug-likeness (QED) is 0.616. The highest BCUT2D eigenvalue weighted by molar-refractivity contribution is 6.53. The summed E-state index contributed by atoms with van der Waals surface area (Å²) in [5.74, 6) is -0.0358. The minimum absolute atomic E-state index is 0.231. The molecule has 0 aliphatic heterocycles. The molecule has 0 bridgehead atoms. The smallest absolute Gasteiger partial charge is 0.253 e. The molecule has 0 unspecified atom stereocenters. The first-order chi connectivity index (χ1) is 9.04. The number of alkyl halides is 2. The van der Waals surface area contributed by atoms with Gasteiger partial charge in [0.25, 0.3) is 11.8 Å². The molecule has 0 fully saturated rings. The summed E-state index contributed by atoms with van der Waals surface area (Å²) in [6, 6.07) is 6.70. The zero-order valence-corrected chi connectivity index (χ0v) is 11.8. The summed E-state index contributed by atoms with van der Waals surface area (Å²) in [6.07, 6.45) is 0. The molecule has 0 saturated heterocycles. The molecule has 0 aliphatic rings. The van der Waals surface area contributed by atoms with Gasteiger partial charge in [-0.1, -0.05) is 23.2 Å². The minimum atomic E-state index is -1.10. The van der Waals surface area contributed by atoms with Gasteiger partial charge >= 0.3 is 0 Å². The molecule has 2 amide bonds. The fourth-order valence-electron chi connectivity index (χ4n) is 1.28. The van der Waals surface area contributed by atoms with Crippen molar-refractivity contribution in [2.75, 3.05) is 20.2 Å². The summed E-state index contributed by atoms with van der Waals surface area (Å²) in [5, 5.41) is 5.12. The second-order valence-electron chi connectivity index (χ2n) is 3.58. The zero-order valence-electron chi connectivity index (χ0n) is 10.3. The topological polar surface area (TPSA) is 67.4 Å². The van der Waals surface area contributed by atoms with E-state index in [9.17, 15) is 9.59 Å². The molecule has 19 heavy (non-hydrogen) atoms. The molecule has 0 atom stereocenters. The van der Waals surface area contributed by atoms with Gasteiger partial charge in [-0.05, 0) is 24.3 Å². The number of carbonyl (C=O) groups is 2. The van der Waals surface area contributed by atoms with Gasteiger partial charge < -0.3 is 15.4 Å². The number of hydrogen-bond donors (Lipinski definition) is 2. The molecule has 1 rings (SSSR count). The number of amides is 2. The number of nitrogens with one attached hydrogen (secondary N) is 2. The Morgan fingerprint density at radius 1 is 1.16 bits per heavy atom. The summed E-state index contributed by atoms with van der Waals surface area (Å²) in [4.78, 5) is 21.6. The molecule has 0 spiro atoms. The van der Waals surface area contributed by atoms with E-state index in [-0.39, 0.29) is 19.0 Å². The summed E-state index contributed by atoms with van der Waals surface area (Å²) < 4.78 is 4.99. The van der Waals surface area contributed by atoms with Crippen LogP contribution >= 0.6 is 23.2 Å². The second-order valence-corrected chi connectivity index (χ2v) is 4.67. The van der Waals surface area contributed by atoms with E-state index in [0.717, 1.165) is 0 Å². The molecule has 0 heterocycles. The standard InChI is InChI=1S/C12H14Cl2N2O3/c1-19-9-4-2-8(3-5-9)11(17)15-6-7-16-12(18)10(13)14/h2-5,10H,6-7H2,1H3,(H,15,17)(H,16,18). The molecule has 5 nitrogen and oxygen atoms in total. The third-order valence-corrected chi connectivity index (χ3v) is 2.66. The van der Waals surface area contributed by atoms with E-state index < -0.39 is 10.7 Å². The van der Waals surface area contributed by atoms with Crippen molar-refractivity contribution in [3.63, 3.8) is 0 Å². The predicted molar refractivity (Wildman–Crippen MR) is 73.8 cm³/mol. The Morgan fingerprint density at radius 2 is 1.74 bits per heavy atom.